The lowest BCUT2D eigenvalue weighted by atomic mass is 10.0. The van der Waals surface area contributed by atoms with Crippen molar-refractivity contribution in [1.82, 2.24) is 14.8 Å². The van der Waals surface area contributed by atoms with Crippen molar-refractivity contribution in [3.8, 4) is 0 Å². The van der Waals surface area contributed by atoms with E-state index in [-0.39, 0.29) is 11.9 Å². The molecule has 0 saturated carbocycles. The van der Waals surface area contributed by atoms with Gasteiger partial charge in [0, 0.05) is 25.3 Å². The second-order valence-corrected chi connectivity index (χ2v) is 6.18. The third kappa shape index (κ3) is 3.06. The lowest BCUT2D eigenvalue weighted by Gasteiger charge is -2.30. The first-order valence-electron chi connectivity index (χ1n) is 7.67. The average molecular weight is 277 g/mol. The van der Waals surface area contributed by atoms with Crippen LogP contribution >= 0.6 is 0 Å². The lowest BCUT2D eigenvalue weighted by molar-refractivity contribution is 0.0692. The number of nitrogens with one attached hydrogen (secondary N) is 1. The van der Waals surface area contributed by atoms with Gasteiger partial charge in [-0.3, -0.25) is 4.79 Å². The topological polar surface area (TPSA) is 37.3 Å². The number of amides is 1. The SMILES string of the molecule is CC(C)C(C)N(C)C(=O)c1cccn1C1CCNCC1. The van der Waals surface area contributed by atoms with E-state index in [1.807, 2.05) is 24.1 Å². The number of nitrogens with zero attached hydrogens (tertiary/aromatic N) is 2. The molecule has 1 aliphatic heterocycles. The standard InChI is InChI=1S/C16H27N3O/c1-12(2)13(3)18(4)16(20)15-6-5-11-19(15)14-7-9-17-10-8-14/h5-6,11-14,17H,7-10H2,1-4H3. The number of carbonyl (C=O) groups excluding carboxylic acids is 1. The molecule has 1 N–H and O–H groups in total. The highest BCUT2D eigenvalue weighted by Crippen LogP contribution is 2.22. The molecule has 1 fully saturated rings. The van der Waals surface area contributed by atoms with Gasteiger partial charge in [-0.2, -0.15) is 0 Å². The van der Waals surface area contributed by atoms with E-state index in [2.05, 4.69) is 36.9 Å². The molecule has 0 spiro atoms. The summed E-state index contributed by atoms with van der Waals surface area (Å²) in [6.07, 6.45) is 4.24. The van der Waals surface area contributed by atoms with E-state index < -0.39 is 0 Å². The fourth-order valence-electron chi connectivity index (χ4n) is 2.79. The van der Waals surface area contributed by atoms with Crippen molar-refractivity contribution < 1.29 is 4.79 Å². The summed E-state index contributed by atoms with van der Waals surface area (Å²) in [5.41, 5.74) is 0.826. The fourth-order valence-corrected chi connectivity index (χ4v) is 2.79. The van der Waals surface area contributed by atoms with E-state index in [1.54, 1.807) is 0 Å². The largest absolute Gasteiger partial charge is 0.340 e. The van der Waals surface area contributed by atoms with Gasteiger partial charge in [0.2, 0.25) is 0 Å². The summed E-state index contributed by atoms with van der Waals surface area (Å²) in [5, 5.41) is 3.37. The fraction of sp³-hybridized carbons (Fsp3) is 0.688. The molecule has 4 heteroatoms. The van der Waals surface area contributed by atoms with E-state index in [0.29, 0.717) is 12.0 Å². The third-order valence-electron chi connectivity index (χ3n) is 4.60. The number of hydrogen-bond donors (Lipinski definition) is 1. The van der Waals surface area contributed by atoms with Gasteiger partial charge in [0.1, 0.15) is 5.69 Å². The van der Waals surface area contributed by atoms with Gasteiger partial charge in [-0.25, -0.2) is 0 Å². The second-order valence-electron chi connectivity index (χ2n) is 6.18. The molecule has 1 aliphatic rings. The molecule has 112 valence electrons. The average Bonchev–Trinajstić information content (AvgIpc) is 2.95. The Balaban J connectivity index is 2.16. The summed E-state index contributed by atoms with van der Waals surface area (Å²) in [6.45, 7) is 8.49. The Morgan fingerprint density at radius 2 is 2.00 bits per heavy atom. The number of carbonyl (C=O) groups is 1. The number of aromatic nitrogens is 1. The first-order chi connectivity index (χ1) is 9.52. The molecule has 1 unspecified atom stereocenters. The van der Waals surface area contributed by atoms with Crippen molar-refractivity contribution >= 4 is 5.91 Å². The highest BCUT2D eigenvalue weighted by molar-refractivity contribution is 5.92. The Labute approximate surface area is 122 Å². The Morgan fingerprint density at radius 3 is 2.60 bits per heavy atom. The maximum atomic E-state index is 12.7. The normalized spacial score (nSPS) is 18.2. The number of rotatable bonds is 4. The number of hydrogen-bond acceptors (Lipinski definition) is 2. The summed E-state index contributed by atoms with van der Waals surface area (Å²) < 4.78 is 2.17. The number of piperidine rings is 1. The molecule has 0 aliphatic carbocycles. The Morgan fingerprint density at radius 1 is 1.35 bits per heavy atom. The molecule has 1 amide bonds. The van der Waals surface area contributed by atoms with Crippen molar-refractivity contribution in [3.05, 3.63) is 24.0 Å². The molecule has 1 saturated heterocycles. The minimum Gasteiger partial charge on any atom is -0.340 e. The minimum absolute atomic E-state index is 0.134. The van der Waals surface area contributed by atoms with Gasteiger partial charge in [-0.05, 0) is 50.9 Å². The van der Waals surface area contributed by atoms with Gasteiger partial charge in [0.05, 0.1) is 0 Å². The molecule has 1 aromatic rings. The van der Waals surface area contributed by atoms with Crippen LogP contribution in [0.5, 0.6) is 0 Å². The Hall–Kier alpha value is -1.29. The van der Waals surface area contributed by atoms with Crippen LogP contribution in [0, 0.1) is 5.92 Å². The maximum Gasteiger partial charge on any atom is 0.270 e. The molecule has 0 aromatic carbocycles. The quantitative estimate of drug-likeness (QED) is 0.918. The van der Waals surface area contributed by atoms with Gasteiger partial charge >= 0.3 is 0 Å². The van der Waals surface area contributed by atoms with Crippen LogP contribution < -0.4 is 5.32 Å². The molecule has 2 heterocycles. The van der Waals surface area contributed by atoms with Crippen molar-refractivity contribution in [2.45, 2.75) is 45.7 Å². The smallest absolute Gasteiger partial charge is 0.270 e. The van der Waals surface area contributed by atoms with Crippen LogP contribution in [0.1, 0.15) is 50.1 Å². The molecular formula is C16H27N3O. The van der Waals surface area contributed by atoms with Crippen LogP contribution in [0.25, 0.3) is 0 Å². The van der Waals surface area contributed by atoms with Gasteiger partial charge in [0.25, 0.3) is 5.91 Å². The second kappa shape index (κ2) is 6.44. The third-order valence-corrected chi connectivity index (χ3v) is 4.60. The zero-order valence-electron chi connectivity index (χ0n) is 13.1. The van der Waals surface area contributed by atoms with Gasteiger partial charge < -0.3 is 14.8 Å². The van der Waals surface area contributed by atoms with E-state index in [9.17, 15) is 4.79 Å². The van der Waals surface area contributed by atoms with E-state index >= 15 is 0 Å². The summed E-state index contributed by atoms with van der Waals surface area (Å²) in [4.78, 5) is 14.6. The van der Waals surface area contributed by atoms with Crippen LogP contribution in [0.3, 0.4) is 0 Å². The minimum atomic E-state index is 0.134. The van der Waals surface area contributed by atoms with E-state index in [1.165, 1.54) is 0 Å². The predicted molar refractivity (Wildman–Crippen MR) is 82.0 cm³/mol. The van der Waals surface area contributed by atoms with Crippen LogP contribution in [0.4, 0.5) is 0 Å². The zero-order chi connectivity index (χ0) is 14.7. The van der Waals surface area contributed by atoms with Crippen molar-refractivity contribution in [2.24, 2.45) is 5.92 Å². The van der Waals surface area contributed by atoms with E-state index in [4.69, 9.17) is 0 Å². The highest BCUT2D eigenvalue weighted by Gasteiger charge is 2.25. The summed E-state index contributed by atoms with van der Waals surface area (Å²) >= 11 is 0. The first kappa shape index (κ1) is 15.1. The van der Waals surface area contributed by atoms with Gasteiger partial charge in [-0.1, -0.05) is 13.8 Å². The summed E-state index contributed by atoms with van der Waals surface area (Å²) in [7, 11) is 1.91. The molecule has 4 nitrogen and oxygen atoms in total. The van der Waals surface area contributed by atoms with Crippen LogP contribution in [-0.4, -0.2) is 41.6 Å². The van der Waals surface area contributed by atoms with Gasteiger partial charge in [0.15, 0.2) is 0 Å². The molecule has 1 aromatic heterocycles. The monoisotopic (exact) mass is 277 g/mol. The van der Waals surface area contributed by atoms with Crippen LogP contribution in [0.15, 0.2) is 18.3 Å². The molecular weight excluding hydrogens is 250 g/mol. The Bertz CT molecular complexity index is 446. The van der Waals surface area contributed by atoms with Crippen LogP contribution in [-0.2, 0) is 0 Å². The molecule has 20 heavy (non-hydrogen) atoms. The van der Waals surface area contributed by atoms with E-state index in [0.717, 1.165) is 31.6 Å². The van der Waals surface area contributed by atoms with Crippen molar-refractivity contribution in [1.29, 1.82) is 0 Å². The summed E-state index contributed by atoms with van der Waals surface area (Å²) in [6, 6.07) is 4.64. The molecule has 2 rings (SSSR count). The van der Waals surface area contributed by atoms with Gasteiger partial charge in [-0.15, -0.1) is 0 Å². The zero-order valence-corrected chi connectivity index (χ0v) is 13.1. The predicted octanol–water partition coefficient (Wildman–Crippen LogP) is 2.53. The lowest BCUT2D eigenvalue weighted by Crippen LogP contribution is -2.40. The maximum absolute atomic E-state index is 12.7. The van der Waals surface area contributed by atoms with Crippen molar-refractivity contribution in [2.75, 3.05) is 20.1 Å². The highest BCUT2D eigenvalue weighted by atomic mass is 16.2. The molecule has 1 atom stereocenters. The first-order valence-corrected chi connectivity index (χ1v) is 7.67. The Kier molecular flexibility index (Phi) is 4.86. The van der Waals surface area contributed by atoms with Crippen molar-refractivity contribution in [3.63, 3.8) is 0 Å². The molecule has 0 bridgehead atoms. The molecule has 0 radical (unpaired) electrons. The van der Waals surface area contributed by atoms with Crippen LogP contribution in [0.2, 0.25) is 0 Å². The summed E-state index contributed by atoms with van der Waals surface area (Å²) in [5.74, 6) is 0.598.